The molecule has 21 heavy (non-hydrogen) atoms. The Morgan fingerprint density at radius 1 is 1.38 bits per heavy atom. The largest absolute Gasteiger partial charge is 0.434 e. The molecule has 0 atom stereocenters. The van der Waals surface area contributed by atoms with Crippen LogP contribution in [0.3, 0.4) is 0 Å². The quantitative estimate of drug-likeness (QED) is 0.854. The summed E-state index contributed by atoms with van der Waals surface area (Å²) in [6, 6.07) is 0.490. The number of anilines is 1. The normalized spacial score (nSPS) is 11.2. The Morgan fingerprint density at radius 3 is 2.76 bits per heavy atom. The SMILES string of the molecule is O=C(NCc1nc(C(F)(F)F)cs1)Nc1ccncc1F. The van der Waals surface area contributed by atoms with E-state index < -0.39 is 23.7 Å². The lowest BCUT2D eigenvalue weighted by Gasteiger charge is -2.06. The Balaban J connectivity index is 1.90. The number of thiazole rings is 1. The molecule has 2 rings (SSSR count). The number of rotatable bonds is 3. The minimum Gasteiger partial charge on any atom is -0.331 e. The van der Waals surface area contributed by atoms with Crippen LogP contribution in [0.25, 0.3) is 0 Å². The maximum Gasteiger partial charge on any atom is 0.434 e. The van der Waals surface area contributed by atoms with Gasteiger partial charge >= 0.3 is 12.2 Å². The maximum atomic E-state index is 13.2. The van der Waals surface area contributed by atoms with E-state index in [0.717, 1.165) is 22.9 Å². The molecule has 2 aromatic rings. The third kappa shape index (κ3) is 4.12. The Kier molecular flexibility index (Phi) is 4.36. The van der Waals surface area contributed by atoms with Crippen molar-refractivity contribution in [2.75, 3.05) is 5.32 Å². The number of pyridine rings is 1. The molecule has 0 radical (unpaired) electrons. The van der Waals surface area contributed by atoms with Gasteiger partial charge in [0, 0.05) is 11.6 Å². The van der Waals surface area contributed by atoms with Crippen LogP contribution in [0.5, 0.6) is 0 Å². The highest BCUT2D eigenvalue weighted by Crippen LogP contribution is 2.29. The van der Waals surface area contributed by atoms with Crippen molar-refractivity contribution in [3.05, 3.63) is 40.4 Å². The van der Waals surface area contributed by atoms with E-state index in [-0.39, 0.29) is 17.2 Å². The van der Waals surface area contributed by atoms with E-state index in [1.165, 1.54) is 12.3 Å². The molecule has 0 saturated heterocycles. The van der Waals surface area contributed by atoms with Gasteiger partial charge in [-0.3, -0.25) is 4.98 Å². The van der Waals surface area contributed by atoms with Gasteiger partial charge in [0.25, 0.3) is 0 Å². The predicted octanol–water partition coefficient (Wildman–Crippen LogP) is 3.02. The van der Waals surface area contributed by atoms with Crippen molar-refractivity contribution < 1.29 is 22.4 Å². The predicted molar refractivity (Wildman–Crippen MR) is 67.2 cm³/mol. The Bertz CT molecular complexity index is 643. The van der Waals surface area contributed by atoms with Gasteiger partial charge in [-0.25, -0.2) is 14.2 Å². The minimum absolute atomic E-state index is 0.0855. The first kappa shape index (κ1) is 15.2. The molecule has 0 unspecified atom stereocenters. The fourth-order valence-electron chi connectivity index (χ4n) is 1.32. The molecule has 0 aliphatic heterocycles. The highest BCUT2D eigenvalue weighted by atomic mass is 32.1. The smallest absolute Gasteiger partial charge is 0.331 e. The molecule has 10 heteroatoms. The zero-order chi connectivity index (χ0) is 15.5. The molecular formula is C11H8F4N4OS. The Labute approximate surface area is 120 Å². The van der Waals surface area contributed by atoms with Crippen LogP contribution in [-0.4, -0.2) is 16.0 Å². The first-order valence-electron chi connectivity index (χ1n) is 5.52. The molecule has 5 nitrogen and oxygen atoms in total. The summed E-state index contributed by atoms with van der Waals surface area (Å²) in [4.78, 5) is 18.3. The summed E-state index contributed by atoms with van der Waals surface area (Å²) in [5.41, 5.74) is -1.09. The molecule has 0 aliphatic rings. The molecule has 2 aromatic heterocycles. The lowest BCUT2D eigenvalue weighted by molar-refractivity contribution is -0.140. The zero-order valence-corrected chi connectivity index (χ0v) is 11.1. The lowest BCUT2D eigenvalue weighted by atomic mass is 10.4. The molecule has 0 saturated carbocycles. The third-order valence-electron chi connectivity index (χ3n) is 2.26. The van der Waals surface area contributed by atoms with E-state index in [9.17, 15) is 22.4 Å². The van der Waals surface area contributed by atoms with Crippen LogP contribution >= 0.6 is 11.3 Å². The van der Waals surface area contributed by atoms with Gasteiger partial charge in [-0.2, -0.15) is 13.2 Å². The summed E-state index contributed by atoms with van der Waals surface area (Å²) in [6.07, 6.45) is -2.31. The third-order valence-corrected chi connectivity index (χ3v) is 3.11. The first-order chi connectivity index (χ1) is 9.86. The van der Waals surface area contributed by atoms with E-state index in [0.29, 0.717) is 0 Å². The maximum absolute atomic E-state index is 13.2. The highest BCUT2D eigenvalue weighted by molar-refractivity contribution is 7.09. The highest BCUT2D eigenvalue weighted by Gasteiger charge is 2.33. The van der Waals surface area contributed by atoms with Gasteiger partial charge in [-0.15, -0.1) is 11.3 Å². The van der Waals surface area contributed by atoms with Gasteiger partial charge in [0.1, 0.15) is 5.01 Å². The van der Waals surface area contributed by atoms with Gasteiger partial charge in [-0.05, 0) is 6.07 Å². The van der Waals surface area contributed by atoms with Gasteiger partial charge in [0.05, 0.1) is 18.4 Å². The number of hydrogen-bond donors (Lipinski definition) is 2. The lowest BCUT2D eigenvalue weighted by Crippen LogP contribution is -2.28. The molecule has 0 spiro atoms. The van der Waals surface area contributed by atoms with Gasteiger partial charge < -0.3 is 10.6 Å². The van der Waals surface area contributed by atoms with Gasteiger partial charge in [-0.1, -0.05) is 0 Å². The number of hydrogen-bond acceptors (Lipinski definition) is 4. The zero-order valence-electron chi connectivity index (χ0n) is 10.2. The standard InChI is InChI=1S/C11H8F4N4OS/c12-6-3-16-2-1-7(6)18-10(20)17-4-9-19-8(5-21-9)11(13,14)15/h1-3,5H,4H2,(H2,16,17,18,20). The minimum atomic E-state index is -4.52. The molecule has 0 bridgehead atoms. The van der Waals surface area contributed by atoms with Crippen molar-refractivity contribution in [2.24, 2.45) is 0 Å². The second-order valence-electron chi connectivity index (χ2n) is 3.79. The molecule has 0 aromatic carbocycles. The average Bonchev–Trinajstić information content (AvgIpc) is 2.88. The number of carbonyl (C=O) groups is 1. The number of aromatic nitrogens is 2. The van der Waals surface area contributed by atoms with Gasteiger partial charge in [0.15, 0.2) is 11.5 Å². The summed E-state index contributed by atoms with van der Waals surface area (Å²) in [5.74, 6) is -0.721. The summed E-state index contributed by atoms with van der Waals surface area (Å²) >= 11 is 0.770. The summed E-state index contributed by atoms with van der Waals surface area (Å²) in [7, 11) is 0. The van der Waals surface area contributed by atoms with Crippen LogP contribution in [0.15, 0.2) is 23.8 Å². The molecule has 0 aliphatic carbocycles. The van der Waals surface area contributed by atoms with Crippen LogP contribution in [-0.2, 0) is 12.7 Å². The van der Waals surface area contributed by atoms with Crippen molar-refractivity contribution in [3.8, 4) is 0 Å². The Hall–Kier alpha value is -2.23. The average molecular weight is 320 g/mol. The summed E-state index contributed by atoms with van der Waals surface area (Å²) in [5, 5.41) is 5.44. The van der Waals surface area contributed by atoms with Crippen LogP contribution in [0.4, 0.5) is 28.0 Å². The fraction of sp³-hybridized carbons (Fsp3) is 0.182. The fourth-order valence-corrected chi connectivity index (χ4v) is 2.06. The number of carbonyl (C=O) groups excluding carboxylic acids is 1. The number of nitrogens with zero attached hydrogens (tertiary/aromatic N) is 2. The van der Waals surface area contributed by atoms with E-state index >= 15 is 0 Å². The van der Waals surface area contributed by atoms with Crippen LogP contribution in [0.2, 0.25) is 0 Å². The molecule has 2 N–H and O–H groups in total. The number of amides is 2. The summed E-state index contributed by atoms with van der Waals surface area (Å²) < 4.78 is 50.2. The van der Waals surface area contributed by atoms with E-state index in [1.54, 1.807) is 0 Å². The number of alkyl halides is 3. The van der Waals surface area contributed by atoms with Crippen molar-refractivity contribution in [1.82, 2.24) is 15.3 Å². The summed E-state index contributed by atoms with van der Waals surface area (Å²) in [6.45, 7) is -0.195. The van der Waals surface area contributed by atoms with Crippen LogP contribution in [0.1, 0.15) is 10.7 Å². The van der Waals surface area contributed by atoms with Crippen molar-refractivity contribution in [1.29, 1.82) is 0 Å². The molecule has 0 fully saturated rings. The number of nitrogens with one attached hydrogen (secondary N) is 2. The van der Waals surface area contributed by atoms with E-state index in [4.69, 9.17) is 0 Å². The van der Waals surface area contributed by atoms with Crippen LogP contribution < -0.4 is 10.6 Å². The van der Waals surface area contributed by atoms with Crippen molar-refractivity contribution in [3.63, 3.8) is 0 Å². The molecular weight excluding hydrogens is 312 g/mol. The van der Waals surface area contributed by atoms with E-state index in [2.05, 4.69) is 20.6 Å². The van der Waals surface area contributed by atoms with Gasteiger partial charge in [0.2, 0.25) is 0 Å². The van der Waals surface area contributed by atoms with Crippen LogP contribution in [0, 0.1) is 5.82 Å². The van der Waals surface area contributed by atoms with Crippen molar-refractivity contribution >= 4 is 23.1 Å². The van der Waals surface area contributed by atoms with E-state index in [1.807, 2.05) is 0 Å². The molecule has 2 amide bonds. The number of halogens is 4. The molecule has 112 valence electrons. The number of urea groups is 1. The Morgan fingerprint density at radius 2 is 2.14 bits per heavy atom. The second-order valence-corrected chi connectivity index (χ2v) is 4.73. The molecule has 2 heterocycles. The first-order valence-corrected chi connectivity index (χ1v) is 6.40. The van der Waals surface area contributed by atoms with Crippen molar-refractivity contribution in [2.45, 2.75) is 12.7 Å². The second kappa shape index (κ2) is 6.04. The monoisotopic (exact) mass is 320 g/mol. The topological polar surface area (TPSA) is 66.9 Å².